The van der Waals surface area contributed by atoms with E-state index < -0.39 is 6.09 Å². The predicted octanol–water partition coefficient (Wildman–Crippen LogP) is 0.0797. The molecule has 0 aromatic carbocycles. The van der Waals surface area contributed by atoms with Crippen LogP contribution in [-0.2, 0) is 4.74 Å². The lowest BCUT2D eigenvalue weighted by atomic mass is 10.0. The topological polar surface area (TPSA) is 64.3 Å². The monoisotopic (exact) mass is 158 g/mol. The summed E-state index contributed by atoms with van der Waals surface area (Å²) in [6, 6.07) is 0. The Kier molecular flexibility index (Phi) is 2.70. The molecule has 1 aliphatic heterocycles. The molecule has 1 heterocycles. The van der Waals surface area contributed by atoms with Gasteiger partial charge in [-0.2, -0.15) is 0 Å². The van der Waals surface area contributed by atoms with Crippen molar-refractivity contribution in [3.63, 3.8) is 0 Å². The zero-order chi connectivity index (χ0) is 8.27. The van der Waals surface area contributed by atoms with E-state index in [-0.39, 0.29) is 6.10 Å². The molecular formula is C7H14N2O2. The van der Waals surface area contributed by atoms with Crippen LogP contribution in [0, 0.1) is 5.92 Å². The first-order valence-electron chi connectivity index (χ1n) is 3.90. The van der Waals surface area contributed by atoms with Gasteiger partial charge in [-0.05, 0) is 6.42 Å². The number of hydrogen-bond acceptors (Lipinski definition) is 3. The highest BCUT2D eigenvalue weighted by molar-refractivity contribution is 5.64. The molecule has 0 aromatic heterocycles. The van der Waals surface area contributed by atoms with E-state index in [9.17, 15) is 4.79 Å². The molecule has 11 heavy (non-hydrogen) atoms. The molecule has 1 amide bonds. The Bertz CT molecular complexity index is 149. The summed E-state index contributed by atoms with van der Waals surface area (Å²) in [4.78, 5) is 10.4. The second kappa shape index (κ2) is 3.57. The third-order valence-corrected chi connectivity index (χ3v) is 2.07. The first-order chi connectivity index (χ1) is 5.24. The molecular weight excluding hydrogens is 144 g/mol. The molecule has 0 radical (unpaired) electrons. The second-order valence-corrected chi connectivity index (χ2v) is 2.80. The highest BCUT2D eigenvalue weighted by Crippen LogP contribution is 2.15. The Morgan fingerprint density at radius 2 is 2.45 bits per heavy atom. The number of carbonyl (C=O) groups excluding carboxylic acids is 1. The predicted molar refractivity (Wildman–Crippen MR) is 41.1 cm³/mol. The Hall–Kier alpha value is -0.770. The highest BCUT2D eigenvalue weighted by Gasteiger charge is 2.27. The van der Waals surface area contributed by atoms with E-state index in [1.807, 2.05) is 0 Å². The molecule has 2 unspecified atom stereocenters. The Balaban J connectivity index is 2.37. The summed E-state index contributed by atoms with van der Waals surface area (Å²) in [6.07, 6.45) is 0.333. The Morgan fingerprint density at radius 1 is 1.73 bits per heavy atom. The molecule has 0 aliphatic carbocycles. The minimum atomic E-state index is -0.669. The van der Waals surface area contributed by atoms with Gasteiger partial charge in [-0.15, -0.1) is 0 Å². The maximum absolute atomic E-state index is 10.4. The zero-order valence-corrected chi connectivity index (χ0v) is 6.67. The average Bonchev–Trinajstić information content (AvgIpc) is 2.34. The van der Waals surface area contributed by atoms with Crippen LogP contribution in [0.15, 0.2) is 0 Å². The van der Waals surface area contributed by atoms with Crippen molar-refractivity contribution in [1.82, 2.24) is 5.32 Å². The van der Waals surface area contributed by atoms with E-state index in [0.29, 0.717) is 5.92 Å². The summed E-state index contributed by atoms with van der Waals surface area (Å²) in [5.41, 5.74) is 4.90. The lowest BCUT2D eigenvalue weighted by Crippen LogP contribution is -2.28. The van der Waals surface area contributed by atoms with Crippen molar-refractivity contribution in [2.24, 2.45) is 11.7 Å². The van der Waals surface area contributed by atoms with E-state index in [4.69, 9.17) is 10.5 Å². The van der Waals surface area contributed by atoms with Gasteiger partial charge in [0.1, 0.15) is 6.10 Å². The molecule has 64 valence electrons. The van der Waals surface area contributed by atoms with Crippen LogP contribution in [0.25, 0.3) is 0 Å². The first kappa shape index (κ1) is 8.33. The van der Waals surface area contributed by atoms with Crippen molar-refractivity contribution in [1.29, 1.82) is 0 Å². The van der Waals surface area contributed by atoms with Crippen LogP contribution in [0.5, 0.6) is 0 Å². The summed E-state index contributed by atoms with van der Waals surface area (Å²) in [5, 5.41) is 3.15. The summed E-state index contributed by atoms with van der Waals surface area (Å²) < 4.78 is 4.89. The van der Waals surface area contributed by atoms with Crippen molar-refractivity contribution in [3.05, 3.63) is 0 Å². The smallest absolute Gasteiger partial charge is 0.404 e. The summed E-state index contributed by atoms with van der Waals surface area (Å²) in [7, 11) is 0. The van der Waals surface area contributed by atoms with Gasteiger partial charge in [0.15, 0.2) is 0 Å². The fourth-order valence-corrected chi connectivity index (χ4v) is 1.40. The van der Waals surface area contributed by atoms with Crippen LogP contribution < -0.4 is 11.1 Å². The van der Waals surface area contributed by atoms with E-state index in [2.05, 4.69) is 12.2 Å². The van der Waals surface area contributed by atoms with Crippen molar-refractivity contribution >= 4 is 6.09 Å². The highest BCUT2D eigenvalue weighted by atomic mass is 16.6. The molecule has 1 rings (SSSR count). The van der Waals surface area contributed by atoms with E-state index in [1.54, 1.807) is 0 Å². The van der Waals surface area contributed by atoms with Crippen LogP contribution in [0.2, 0.25) is 0 Å². The van der Waals surface area contributed by atoms with Crippen LogP contribution >= 0.6 is 0 Å². The number of nitrogens with two attached hydrogens (primary N) is 1. The van der Waals surface area contributed by atoms with Gasteiger partial charge in [0.05, 0.1) is 0 Å². The van der Waals surface area contributed by atoms with Gasteiger partial charge in [-0.3, -0.25) is 0 Å². The number of primary amides is 1. The summed E-state index contributed by atoms with van der Waals surface area (Å²) in [5.74, 6) is 0.433. The molecule has 1 saturated heterocycles. The molecule has 1 fully saturated rings. The van der Waals surface area contributed by atoms with E-state index >= 15 is 0 Å². The number of hydrogen-bond donors (Lipinski definition) is 2. The lowest BCUT2D eigenvalue weighted by Gasteiger charge is -2.15. The normalized spacial score (nSPS) is 30.3. The third-order valence-electron chi connectivity index (χ3n) is 2.07. The molecule has 0 aromatic rings. The number of ether oxygens (including phenoxy) is 1. The van der Waals surface area contributed by atoms with Crippen molar-refractivity contribution in [3.8, 4) is 0 Å². The minimum Gasteiger partial charge on any atom is -0.445 e. The summed E-state index contributed by atoms with van der Waals surface area (Å²) >= 11 is 0. The van der Waals surface area contributed by atoms with Gasteiger partial charge < -0.3 is 15.8 Å². The number of nitrogens with one attached hydrogen (secondary N) is 1. The Morgan fingerprint density at radius 3 is 3.00 bits per heavy atom. The van der Waals surface area contributed by atoms with Crippen molar-refractivity contribution in [2.75, 3.05) is 13.1 Å². The van der Waals surface area contributed by atoms with E-state index in [1.165, 1.54) is 0 Å². The van der Waals surface area contributed by atoms with Crippen LogP contribution in [0.1, 0.15) is 13.3 Å². The van der Waals surface area contributed by atoms with Gasteiger partial charge in [0.2, 0.25) is 0 Å². The van der Waals surface area contributed by atoms with Gasteiger partial charge in [0, 0.05) is 19.0 Å². The molecule has 0 saturated carbocycles. The second-order valence-electron chi connectivity index (χ2n) is 2.80. The molecule has 2 atom stereocenters. The number of amides is 1. The fraction of sp³-hybridized carbons (Fsp3) is 0.857. The van der Waals surface area contributed by atoms with Crippen molar-refractivity contribution in [2.45, 2.75) is 19.4 Å². The van der Waals surface area contributed by atoms with Gasteiger partial charge in [-0.25, -0.2) is 4.79 Å². The quantitative estimate of drug-likeness (QED) is 0.598. The fourth-order valence-electron chi connectivity index (χ4n) is 1.40. The maximum Gasteiger partial charge on any atom is 0.404 e. The molecule has 4 nitrogen and oxygen atoms in total. The van der Waals surface area contributed by atoms with E-state index in [0.717, 1.165) is 19.5 Å². The van der Waals surface area contributed by atoms with Gasteiger partial charge >= 0.3 is 6.09 Å². The number of carbonyl (C=O) groups is 1. The third kappa shape index (κ3) is 2.08. The maximum atomic E-state index is 10.4. The largest absolute Gasteiger partial charge is 0.445 e. The Labute approximate surface area is 66.1 Å². The zero-order valence-electron chi connectivity index (χ0n) is 6.67. The van der Waals surface area contributed by atoms with Crippen LogP contribution in [0.4, 0.5) is 4.79 Å². The number of rotatable bonds is 2. The molecule has 1 aliphatic rings. The lowest BCUT2D eigenvalue weighted by molar-refractivity contribution is 0.0912. The van der Waals surface area contributed by atoms with Crippen LogP contribution in [0.3, 0.4) is 0 Å². The van der Waals surface area contributed by atoms with Gasteiger partial charge in [0.25, 0.3) is 0 Å². The minimum absolute atomic E-state index is 0.0162. The first-order valence-corrected chi connectivity index (χ1v) is 3.90. The van der Waals surface area contributed by atoms with Crippen molar-refractivity contribution < 1.29 is 9.53 Å². The standard InChI is InChI=1S/C7H14N2O2/c1-2-5-3-9-4-6(5)11-7(8)10/h5-6,9H,2-4H2,1H3,(H2,8,10). The molecule has 3 N–H and O–H groups in total. The SMILES string of the molecule is CCC1CNCC1OC(N)=O. The molecule has 4 heteroatoms. The average molecular weight is 158 g/mol. The molecule has 0 spiro atoms. The molecule has 0 bridgehead atoms. The summed E-state index contributed by atoms with van der Waals surface area (Å²) in [6.45, 7) is 3.74. The van der Waals surface area contributed by atoms with Crippen LogP contribution in [-0.4, -0.2) is 25.3 Å². The van der Waals surface area contributed by atoms with Gasteiger partial charge in [-0.1, -0.05) is 6.92 Å².